The molecular weight excluding hydrogens is 434 g/mol. The summed E-state index contributed by atoms with van der Waals surface area (Å²) in [6, 6.07) is 9.40. The number of nitrogens with zero attached hydrogens (tertiary/aromatic N) is 3. The third kappa shape index (κ3) is 4.35. The second-order valence-corrected chi connectivity index (χ2v) is 8.59. The van der Waals surface area contributed by atoms with Crippen LogP contribution in [0.1, 0.15) is 5.89 Å². The van der Waals surface area contributed by atoms with Crippen molar-refractivity contribution >= 4 is 21.6 Å². The molecule has 160 valence electrons. The number of benzene rings is 2. The quantitative estimate of drug-likeness (QED) is 0.512. The predicted molar refractivity (Wildman–Crippen MR) is 109 cm³/mol. The highest BCUT2D eigenvalue weighted by Gasteiger charge is 2.24. The highest BCUT2D eigenvalue weighted by atomic mass is 35.5. The van der Waals surface area contributed by atoms with Crippen molar-refractivity contribution < 1.29 is 27.2 Å². The lowest BCUT2D eigenvalue weighted by Crippen LogP contribution is -2.26. The van der Waals surface area contributed by atoms with E-state index in [4.69, 9.17) is 30.3 Å². The number of halogens is 1. The molecule has 0 atom stereocenters. The summed E-state index contributed by atoms with van der Waals surface area (Å²) in [5.41, 5.74) is 0.634. The summed E-state index contributed by atoms with van der Waals surface area (Å²) in [5, 5.41) is 4.12. The summed E-state index contributed by atoms with van der Waals surface area (Å²) in [7, 11) is 2.09. The van der Waals surface area contributed by atoms with Crippen molar-refractivity contribution in [2.24, 2.45) is 0 Å². The topological polar surface area (TPSA) is 104 Å². The fourth-order valence-electron chi connectivity index (χ4n) is 2.67. The molecule has 0 aliphatic carbocycles. The molecule has 0 radical (unpaired) electrons. The third-order valence-electron chi connectivity index (χ3n) is 4.30. The molecule has 3 aromatic rings. The number of hydrogen-bond donors (Lipinski definition) is 0. The largest absolute Gasteiger partial charge is 0.495 e. The molecule has 9 nitrogen and oxygen atoms in total. The maximum absolute atomic E-state index is 12.8. The summed E-state index contributed by atoms with van der Waals surface area (Å²) in [5.74, 6) is 1.89. The minimum atomic E-state index is -3.83. The van der Waals surface area contributed by atoms with E-state index in [1.165, 1.54) is 46.6 Å². The van der Waals surface area contributed by atoms with Gasteiger partial charge in [0.05, 0.1) is 37.8 Å². The van der Waals surface area contributed by atoms with E-state index in [1.807, 2.05) is 0 Å². The first kappa shape index (κ1) is 21.9. The predicted octanol–water partition coefficient (Wildman–Crippen LogP) is 3.24. The van der Waals surface area contributed by atoms with E-state index >= 15 is 0 Å². The van der Waals surface area contributed by atoms with Crippen LogP contribution in [0.5, 0.6) is 17.2 Å². The van der Waals surface area contributed by atoms with Gasteiger partial charge in [-0.05, 0) is 36.4 Å². The van der Waals surface area contributed by atoms with Gasteiger partial charge in [0.1, 0.15) is 5.75 Å². The molecule has 0 spiro atoms. The van der Waals surface area contributed by atoms with Gasteiger partial charge in [-0.2, -0.15) is 9.29 Å². The van der Waals surface area contributed by atoms with Crippen molar-refractivity contribution in [3.05, 3.63) is 47.3 Å². The fourth-order valence-corrected chi connectivity index (χ4v) is 4.14. The van der Waals surface area contributed by atoms with Gasteiger partial charge in [0.25, 0.3) is 0 Å². The van der Waals surface area contributed by atoms with Crippen LogP contribution in [-0.2, 0) is 16.6 Å². The number of rotatable bonds is 8. The lowest BCUT2D eigenvalue weighted by atomic mass is 10.2. The smallest absolute Gasteiger partial charge is 0.243 e. The average Bonchev–Trinajstić information content (AvgIpc) is 3.21. The Kier molecular flexibility index (Phi) is 6.49. The minimum Gasteiger partial charge on any atom is -0.495 e. The Morgan fingerprint density at radius 1 is 1.00 bits per heavy atom. The van der Waals surface area contributed by atoms with Gasteiger partial charge in [-0.25, -0.2) is 8.42 Å². The monoisotopic (exact) mass is 453 g/mol. The maximum atomic E-state index is 12.8. The Balaban J connectivity index is 1.80. The SMILES string of the molecule is COc1ccc(S(=O)(=O)N(C)Cc2nc(-c3ccc(OC)c(OC)c3)no2)cc1Cl. The third-order valence-corrected chi connectivity index (χ3v) is 6.39. The lowest BCUT2D eigenvalue weighted by molar-refractivity contribution is 0.336. The van der Waals surface area contributed by atoms with Gasteiger partial charge in [0.15, 0.2) is 11.5 Å². The second kappa shape index (κ2) is 8.90. The molecule has 0 aliphatic heterocycles. The van der Waals surface area contributed by atoms with Gasteiger partial charge in [-0.1, -0.05) is 16.8 Å². The molecule has 2 aromatic carbocycles. The average molecular weight is 454 g/mol. The number of sulfonamides is 1. The Labute approximate surface area is 179 Å². The van der Waals surface area contributed by atoms with E-state index in [2.05, 4.69) is 10.1 Å². The molecule has 0 bridgehead atoms. The molecule has 30 heavy (non-hydrogen) atoms. The summed E-state index contributed by atoms with van der Waals surface area (Å²) >= 11 is 6.05. The molecule has 1 aromatic heterocycles. The van der Waals surface area contributed by atoms with Gasteiger partial charge in [-0.3, -0.25) is 0 Å². The second-order valence-electron chi connectivity index (χ2n) is 6.14. The highest BCUT2D eigenvalue weighted by molar-refractivity contribution is 7.89. The van der Waals surface area contributed by atoms with Crippen molar-refractivity contribution in [3.8, 4) is 28.6 Å². The van der Waals surface area contributed by atoms with E-state index < -0.39 is 10.0 Å². The zero-order valence-corrected chi connectivity index (χ0v) is 18.3. The van der Waals surface area contributed by atoms with Crippen molar-refractivity contribution in [1.82, 2.24) is 14.4 Å². The van der Waals surface area contributed by atoms with Crippen LogP contribution in [0.2, 0.25) is 5.02 Å². The molecule has 11 heteroatoms. The Hall–Kier alpha value is -2.82. The highest BCUT2D eigenvalue weighted by Crippen LogP contribution is 2.31. The van der Waals surface area contributed by atoms with Crippen LogP contribution in [0.15, 0.2) is 45.8 Å². The number of hydrogen-bond acceptors (Lipinski definition) is 8. The normalized spacial score (nSPS) is 11.5. The Morgan fingerprint density at radius 2 is 1.67 bits per heavy atom. The molecular formula is C19H20ClN3O6S. The summed E-state index contributed by atoms with van der Waals surface area (Å²) < 4.78 is 47.5. The lowest BCUT2D eigenvalue weighted by Gasteiger charge is -2.15. The maximum Gasteiger partial charge on any atom is 0.243 e. The first-order chi connectivity index (χ1) is 14.3. The first-order valence-electron chi connectivity index (χ1n) is 8.65. The van der Waals surface area contributed by atoms with Crippen molar-refractivity contribution in [1.29, 1.82) is 0 Å². The molecule has 0 saturated carbocycles. The number of ether oxygens (including phenoxy) is 3. The molecule has 0 saturated heterocycles. The fraction of sp³-hybridized carbons (Fsp3) is 0.263. The van der Waals surface area contributed by atoms with Crippen LogP contribution < -0.4 is 14.2 Å². The van der Waals surface area contributed by atoms with E-state index in [0.29, 0.717) is 28.6 Å². The zero-order chi connectivity index (χ0) is 21.9. The first-order valence-corrected chi connectivity index (χ1v) is 10.5. The Morgan fingerprint density at radius 3 is 2.30 bits per heavy atom. The van der Waals surface area contributed by atoms with Gasteiger partial charge < -0.3 is 18.7 Å². The minimum absolute atomic E-state index is 0.0235. The molecule has 0 amide bonds. The standard InChI is InChI=1S/C19H20ClN3O6S/c1-23(30(24,25)13-6-8-15(26-2)14(20)10-13)11-18-21-19(22-29-18)12-5-7-16(27-3)17(9-12)28-4/h5-10H,11H2,1-4H3. The molecule has 0 fully saturated rings. The van der Waals surface area contributed by atoms with Crippen LogP contribution in [0, 0.1) is 0 Å². The van der Waals surface area contributed by atoms with Gasteiger partial charge in [-0.15, -0.1) is 0 Å². The summed E-state index contributed by atoms with van der Waals surface area (Å²) in [6.07, 6.45) is 0. The Bertz CT molecular complexity index is 1150. The van der Waals surface area contributed by atoms with Crippen LogP contribution >= 0.6 is 11.6 Å². The van der Waals surface area contributed by atoms with E-state index in [9.17, 15) is 8.42 Å². The summed E-state index contributed by atoms with van der Waals surface area (Å²) in [4.78, 5) is 4.30. The molecule has 0 unspecified atom stereocenters. The van der Waals surface area contributed by atoms with Gasteiger partial charge in [0.2, 0.25) is 21.7 Å². The van der Waals surface area contributed by atoms with E-state index in [-0.39, 0.29) is 22.4 Å². The van der Waals surface area contributed by atoms with E-state index in [0.717, 1.165) is 4.31 Å². The molecule has 0 N–H and O–H groups in total. The zero-order valence-electron chi connectivity index (χ0n) is 16.7. The van der Waals surface area contributed by atoms with Crippen LogP contribution in [-0.4, -0.2) is 51.2 Å². The molecule has 1 heterocycles. The van der Waals surface area contributed by atoms with Crippen molar-refractivity contribution in [2.75, 3.05) is 28.4 Å². The number of aromatic nitrogens is 2. The van der Waals surface area contributed by atoms with Gasteiger partial charge in [0, 0.05) is 12.6 Å². The molecule has 0 aliphatic rings. The number of methoxy groups -OCH3 is 3. The van der Waals surface area contributed by atoms with Crippen LogP contribution in [0.4, 0.5) is 0 Å². The van der Waals surface area contributed by atoms with Crippen LogP contribution in [0.25, 0.3) is 11.4 Å². The van der Waals surface area contributed by atoms with Crippen molar-refractivity contribution in [3.63, 3.8) is 0 Å². The molecule has 3 rings (SSSR count). The van der Waals surface area contributed by atoms with E-state index in [1.54, 1.807) is 18.2 Å². The van der Waals surface area contributed by atoms with Crippen molar-refractivity contribution in [2.45, 2.75) is 11.4 Å². The summed E-state index contributed by atoms with van der Waals surface area (Å²) in [6.45, 7) is -0.119. The van der Waals surface area contributed by atoms with Gasteiger partial charge >= 0.3 is 0 Å². The van der Waals surface area contributed by atoms with Crippen LogP contribution in [0.3, 0.4) is 0 Å².